The molecule has 156 valence electrons. The van der Waals surface area contributed by atoms with Gasteiger partial charge in [0.2, 0.25) is 11.9 Å². The molecule has 0 aliphatic heterocycles. The molecule has 3 aromatic rings. The van der Waals surface area contributed by atoms with Crippen LogP contribution in [-0.2, 0) is 16.0 Å². The lowest BCUT2D eigenvalue weighted by atomic mass is 10.1. The highest BCUT2D eigenvalue weighted by Gasteiger charge is 2.14. The van der Waals surface area contributed by atoms with Crippen molar-refractivity contribution in [2.45, 2.75) is 6.42 Å². The molecule has 10 nitrogen and oxygen atoms in total. The summed E-state index contributed by atoms with van der Waals surface area (Å²) in [4.78, 5) is 27.3. The predicted molar refractivity (Wildman–Crippen MR) is 108 cm³/mol. The van der Waals surface area contributed by atoms with Crippen LogP contribution in [0.15, 0.2) is 42.5 Å². The van der Waals surface area contributed by atoms with Gasteiger partial charge in [0.15, 0.2) is 12.4 Å². The van der Waals surface area contributed by atoms with Crippen LogP contribution < -0.4 is 25.3 Å². The molecular weight excluding hydrogens is 390 g/mol. The summed E-state index contributed by atoms with van der Waals surface area (Å²) in [5, 5.41) is 9.31. The van der Waals surface area contributed by atoms with Crippen molar-refractivity contribution in [2.24, 2.45) is 5.73 Å². The quantitative estimate of drug-likeness (QED) is 0.485. The van der Waals surface area contributed by atoms with Gasteiger partial charge in [0.25, 0.3) is 5.91 Å². The van der Waals surface area contributed by atoms with Gasteiger partial charge in [-0.2, -0.15) is 4.98 Å². The third-order valence-corrected chi connectivity index (χ3v) is 4.07. The first-order valence-corrected chi connectivity index (χ1v) is 8.93. The number of hydrogen-bond acceptors (Lipinski definition) is 7. The molecule has 0 fully saturated rings. The lowest BCUT2D eigenvalue weighted by Crippen LogP contribution is -2.20. The van der Waals surface area contributed by atoms with Gasteiger partial charge in [0, 0.05) is 6.07 Å². The number of carbonyl (C=O) groups excluding carboxylic acids is 2. The van der Waals surface area contributed by atoms with E-state index in [0.717, 1.165) is 5.56 Å². The zero-order chi connectivity index (χ0) is 21.5. The van der Waals surface area contributed by atoms with Gasteiger partial charge >= 0.3 is 0 Å². The van der Waals surface area contributed by atoms with Crippen molar-refractivity contribution in [3.63, 3.8) is 0 Å². The van der Waals surface area contributed by atoms with E-state index in [9.17, 15) is 9.59 Å². The Bertz CT molecular complexity index is 1030. The van der Waals surface area contributed by atoms with Gasteiger partial charge in [-0.05, 0) is 29.8 Å². The fourth-order valence-corrected chi connectivity index (χ4v) is 2.65. The summed E-state index contributed by atoms with van der Waals surface area (Å²) in [5.74, 6) is 1.36. The van der Waals surface area contributed by atoms with Crippen molar-refractivity contribution in [1.29, 1.82) is 0 Å². The molecule has 10 heteroatoms. The Morgan fingerprint density at radius 1 is 1.07 bits per heavy atom. The van der Waals surface area contributed by atoms with Crippen LogP contribution in [0.3, 0.4) is 0 Å². The standard InChI is InChI=1S/C20H21N5O5/c1-28-14-7-8-15(16(10-14)29-2)19-23-20(25-24-19)22-18(27)11-30-13-5-3-12(4-6-13)9-17(21)26/h3-8,10H,9,11H2,1-2H3,(H2,21,26)(H2,22,23,24,25,27). The van der Waals surface area contributed by atoms with Crippen LogP contribution >= 0.6 is 0 Å². The number of aromatic amines is 1. The molecule has 1 heterocycles. The second kappa shape index (κ2) is 9.41. The molecule has 0 saturated carbocycles. The van der Waals surface area contributed by atoms with Crippen molar-refractivity contribution in [3.05, 3.63) is 48.0 Å². The summed E-state index contributed by atoms with van der Waals surface area (Å²) < 4.78 is 15.9. The summed E-state index contributed by atoms with van der Waals surface area (Å²) in [6.45, 7) is -0.231. The Hall–Kier alpha value is -4.08. The van der Waals surface area contributed by atoms with E-state index in [4.69, 9.17) is 19.9 Å². The van der Waals surface area contributed by atoms with E-state index in [1.807, 2.05) is 0 Å². The fourth-order valence-electron chi connectivity index (χ4n) is 2.65. The van der Waals surface area contributed by atoms with Crippen molar-refractivity contribution in [2.75, 3.05) is 26.1 Å². The van der Waals surface area contributed by atoms with Gasteiger partial charge in [-0.25, -0.2) is 0 Å². The zero-order valence-electron chi connectivity index (χ0n) is 16.5. The molecule has 0 atom stereocenters. The summed E-state index contributed by atoms with van der Waals surface area (Å²) in [6.07, 6.45) is 0.146. The molecule has 4 N–H and O–H groups in total. The Kier molecular flexibility index (Phi) is 6.48. The van der Waals surface area contributed by atoms with Gasteiger partial charge in [0.1, 0.15) is 17.2 Å². The number of nitrogens with zero attached hydrogens (tertiary/aromatic N) is 2. The van der Waals surface area contributed by atoms with Gasteiger partial charge in [-0.1, -0.05) is 12.1 Å². The second-order valence-corrected chi connectivity index (χ2v) is 6.20. The smallest absolute Gasteiger partial charge is 0.264 e. The molecule has 0 radical (unpaired) electrons. The molecule has 0 saturated heterocycles. The number of methoxy groups -OCH3 is 2. The van der Waals surface area contributed by atoms with E-state index in [0.29, 0.717) is 28.6 Å². The van der Waals surface area contributed by atoms with E-state index in [1.54, 1.807) is 49.6 Å². The minimum atomic E-state index is -0.427. The maximum absolute atomic E-state index is 12.1. The number of carbonyl (C=O) groups is 2. The first-order valence-electron chi connectivity index (χ1n) is 8.93. The molecule has 0 aliphatic rings. The van der Waals surface area contributed by atoms with Crippen LogP contribution in [-0.4, -0.2) is 47.8 Å². The van der Waals surface area contributed by atoms with Crippen LogP contribution in [0.25, 0.3) is 11.4 Å². The maximum atomic E-state index is 12.1. The van der Waals surface area contributed by atoms with Crippen LogP contribution in [0.1, 0.15) is 5.56 Å². The van der Waals surface area contributed by atoms with Gasteiger partial charge in [-0.15, -0.1) is 5.10 Å². The number of benzene rings is 2. The monoisotopic (exact) mass is 411 g/mol. The number of ether oxygens (including phenoxy) is 3. The molecular formula is C20H21N5O5. The van der Waals surface area contributed by atoms with Crippen LogP contribution in [0.4, 0.5) is 5.95 Å². The number of nitrogens with one attached hydrogen (secondary N) is 2. The van der Waals surface area contributed by atoms with E-state index in [-0.39, 0.29) is 19.0 Å². The predicted octanol–water partition coefficient (Wildman–Crippen LogP) is 1.53. The first-order chi connectivity index (χ1) is 14.5. The number of hydrogen-bond donors (Lipinski definition) is 3. The topological polar surface area (TPSA) is 141 Å². The molecule has 0 bridgehead atoms. The van der Waals surface area contributed by atoms with E-state index in [2.05, 4.69) is 20.5 Å². The van der Waals surface area contributed by atoms with Crippen molar-refractivity contribution in [3.8, 4) is 28.6 Å². The second-order valence-electron chi connectivity index (χ2n) is 6.20. The minimum Gasteiger partial charge on any atom is -0.497 e. The van der Waals surface area contributed by atoms with Crippen LogP contribution in [0.5, 0.6) is 17.2 Å². The average Bonchev–Trinajstić information content (AvgIpc) is 3.20. The molecule has 1 aromatic heterocycles. The Morgan fingerprint density at radius 3 is 2.47 bits per heavy atom. The Labute approximate surface area is 172 Å². The molecule has 0 spiro atoms. The third-order valence-electron chi connectivity index (χ3n) is 4.07. The highest BCUT2D eigenvalue weighted by Crippen LogP contribution is 2.31. The first kappa shape index (κ1) is 20.6. The number of rotatable bonds is 9. The van der Waals surface area contributed by atoms with E-state index < -0.39 is 11.8 Å². The molecule has 0 unspecified atom stereocenters. The maximum Gasteiger partial charge on any atom is 0.264 e. The zero-order valence-corrected chi connectivity index (χ0v) is 16.5. The number of aromatic nitrogens is 3. The van der Waals surface area contributed by atoms with Gasteiger partial charge < -0.3 is 19.9 Å². The van der Waals surface area contributed by atoms with Gasteiger partial charge in [-0.3, -0.25) is 20.0 Å². The lowest BCUT2D eigenvalue weighted by molar-refractivity contribution is -0.118. The number of nitrogens with two attached hydrogens (primary N) is 1. The molecule has 2 aromatic carbocycles. The minimum absolute atomic E-state index is 0.105. The van der Waals surface area contributed by atoms with Gasteiger partial charge in [0.05, 0.1) is 26.2 Å². The van der Waals surface area contributed by atoms with E-state index in [1.165, 1.54) is 7.11 Å². The molecule has 3 rings (SSSR count). The Balaban J connectivity index is 1.58. The largest absolute Gasteiger partial charge is 0.497 e. The highest BCUT2D eigenvalue weighted by molar-refractivity contribution is 5.90. The van der Waals surface area contributed by atoms with Crippen molar-refractivity contribution >= 4 is 17.8 Å². The highest BCUT2D eigenvalue weighted by atomic mass is 16.5. The van der Waals surface area contributed by atoms with Crippen molar-refractivity contribution < 1.29 is 23.8 Å². The molecule has 2 amide bonds. The number of anilines is 1. The Morgan fingerprint density at radius 2 is 1.80 bits per heavy atom. The molecule has 0 aliphatic carbocycles. The normalized spacial score (nSPS) is 10.3. The SMILES string of the molecule is COc1ccc(-c2nc(NC(=O)COc3ccc(CC(N)=O)cc3)n[nH]2)c(OC)c1. The summed E-state index contributed by atoms with van der Waals surface area (Å²) >= 11 is 0. The number of amides is 2. The van der Waals surface area contributed by atoms with E-state index >= 15 is 0 Å². The summed E-state index contributed by atoms with van der Waals surface area (Å²) in [7, 11) is 3.10. The fraction of sp³-hybridized carbons (Fsp3) is 0.200. The van der Waals surface area contributed by atoms with Crippen molar-refractivity contribution in [1.82, 2.24) is 15.2 Å². The molecule has 30 heavy (non-hydrogen) atoms. The van der Waals surface area contributed by atoms with Crippen LogP contribution in [0.2, 0.25) is 0 Å². The summed E-state index contributed by atoms with van der Waals surface area (Å²) in [6, 6.07) is 12.0. The average molecular weight is 411 g/mol. The third kappa shape index (κ3) is 5.25. The number of H-pyrrole nitrogens is 1. The van der Waals surface area contributed by atoms with Crippen LogP contribution in [0, 0.1) is 0 Å². The summed E-state index contributed by atoms with van der Waals surface area (Å²) in [5.41, 5.74) is 6.58. The number of primary amides is 1. The lowest BCUT2D eigenvalue weighted by Gasteiger charge is -2.08.